The van der Waals surface area contributed by atoms with Gasteiger partial charge in [0, 0.05) is 24.3 Å². The maximum absolute atomic E-state index is 5.92. The molecule has 0 saturated carbocycles. The third-order valence-electron chi connectivity index (χ3n) is 3.78. The number of hydrazone groups is 1. The van der Waals surface area contributed by atoms with Crippen molar-refractivity contribution in [1.29, 1.82) is 0 Å². The average molecular weight is 315 g/mol. The van der Waals surface area contributed by atoms with E-state index < -0.39 is 0 Å². The van der Waals surface area contributed by atoms with Crippen molar-refractivity contribution in [3.63, 3.8) is 0 Å². The molecule has 1 aromatic heterocycles. The van der Waals surface area contributed by atoms with E-state index in [9.17, 15) is 0 Å². The summed E-state index contributed by atoms with van der Waals surface area (Å²) in [6, 6.07) is 13.8. The Bertz CT molecular complexity index is 631. The Morgan fingerprint density at radius 2 is 1.77 bits per heavy atom. The van der Waals surface area contributed by atoms with Crippen LogP contribution < -0.4 is 4.90 Å². The molecule has 114 valence electrons. The molecule has 3 rings (SSSR count). The third-order valence-corrected chi connectivity index (χ3v) is 4.03. The minimum atomic E-state index is 0.750. The number of hydrogen-bond acceptors (Lipinski definition) is 4. The molecule has 0 aliphatic carbocycles. The topological polar surface area (TPSA) is 31.7 Å². The van der Waals surface area contributed by atoms with Crippen molar-refractivity contribution in [3.8, 4) is 0 Å². The minimum absolute atomic E-state index is 0.750. The molecular formula is C17H19ClN4. The second-order valence-electron chi connectivity index (χ2n) is 5.32. The number of halogens is 1. The smallest absolute Gasteiger partial charge is 0.128 e. The monoisotopic (exact) mass is 314 g/mol. The van der Waals surface area contributed by atoms with E-state index in [-0.39, 0.29) is 0 Å². The second-order valence-corrected chi connectivity index (χ2v) is 5.76. The summed E-state index contributed by atoms with van der Waals surface area (Å²) in [5, 5.41) is 7.60. The number of piperazine rings is 1. The third kappa shape index (κ3) is 3.57. The molecule has 0 amide bonds. The molecule has 0 bridgehead atoms. The highest BCUT2D eigenvalue weighted by Gasteiger charge is 2.16. The van der Waals surface area contributed by atoms with Crippen LogP contribution in [0.1, 0.15) is 12.5 Å². The number of anilines is 1. The van der Waals surface area contributed by atoms with E-state index in [0.29, 0.717) is 0 Å². The van der Waals surface area contributed by atoms with Crippen molar-refractivity contribution in [2.24, 2.45) is 5.10 Å². The lowest BCUT2D eigenvalue weighted by Gasteiger charge is -2.34. The molecule has 1 aromatic carbocycles. The molecule has 0 spiro atoms. The van der Waals surface area contributed by atoms with Gasteiger partial charge in [0.05, 0.1) is 18.8 Å². The molecule has 0 N–H and O–H groups in total. The SMILES string of the molecule is CC(=NN1CCN(c2ccccn2)CC1)c1ccc(Cl)cc1. The van der Waals surface area contributed by atoms with Gasteiger partial charge in [0.1, 0.15) is 5.82 Å². The molecule has 1 fully saturated rings. The molecule has 2 heterocycles. The van der Waals surface area contributed by atoms with Crippen LogP contribution in [-0.4, -0.2) is 41.9 Å². The zero-order chi connectivity index (χ0) is 15.4. The van der Waals surface area contributed by atoms with E-state index >= 15 is 0 Å². The molecule has 0 unspecified atom stereocenters. The van der Waals surface area contributed by atoms with Crippen LogP contribution in [0.2, 0.25) is 5.02 Å². The van der Waals surface area contributed by atoms with Crippen molar-refractivity contribution < 1.29 is 0 Å². The van der Waals surface area contributed by atoms with Crippen LogP contribution in [0, 0.1) is 0 Å². The highest BCUT2D eigenvalue weighted by atomic mass is 35.5. The van der Waals surface area contributed by atoms with Gasteiger partial charge in [0.2, 0.25) is 0 Å². The molecule has 1 aliphatic rings. The second kappa shape index (κ2) is 6.79. The Morgan fingerprint density at radius 1 is 1.05 bits per heavy atom. The van der Waals surface area contributed by atoms with Gasteiger partial charge in [0.15, 0.2) is 0 Å². The van der Waals surface area contributed by atoms with Gasteiger partial charge in [0.25, 0.3) is 0 Å². The predicted molar refractivity (Wildman–Crippen MR) is 91.7 cm³/mol. The van der Waals surface area contributed by atoms with E-state index in [1.54, 1.807) is 0 Å². The first-order valence-electron chi connectivity index (χ1n) is 7.44. The van der Waals surface area contributed by atoms with E-state index in [0.717, 1.165) is 48.3 Å². The van der Waals surface area contributed by atoms with Crippen molar-refractivity contribution in [2.75, 3.05) is 31.1 Å². The number of aromatic nitrogens is 1. The number of nitrogens with zero attached hydrogens (tertiary/aromatic N) is 4. The standard InChI is InChI=1S/C17H19ClN4/c1-14(15-5-7-16(18)8-6-15)20-22-12-10-21(11-13-22)17-4-2-3-9-19-17/h2-9H,10-13H2,1H3. The Balaban J connectivity index is 1.61. The van der Waals surface area contributed by atoms with Gasteiger partial charge in [-0.15, -0.1) is 0 Å². The van der Waals surface area contributed by atoms with Gasteiger partial charge in [-0.1, -0.05) is 29.8 Å². The zero-order valence-electron chi connectivity index (χ0n) is 12.6. The highest BCUT2D eigenvalue weighted by molar-refractivity contribution is 6.30. The zero-order valence-corrected chi connectivity index (χ0v) is 13.4. The summed E-state index contributed by atoms with van der Waals surface area (Å²) in [6.45, 7) is 5.72. The lowest BCUT2D eigenvalue weighted by atomic mass is 10.1. The first-order valence-corrected chi connectivity index (χ1v) is 7.82. The van der Waals surface area contributed by atoms with Gasteiger partial charge in [-0.05, 0) is 36.8 Å². The summed E-state index contributed by atoms with van der Waals surface area (Å²) in [5.41, 5.74) is 2.12. The molecule has 1 aliphatic heterocycles. The van der Waals surface area contributed by atoms with Gasteiger partial charge in [-0.25, -0.2) is 4.98 Å². The Kier molecular flexibility index (Phi) is 4.59. The fourth-order valence-corrected chi connectivity index (χ4v) is 2.65. The lowest BCUT2D eigenvalue weighted by molar-refractivity contribution is 0.270. The van der Waals surface area contributed by atoms with Gasteiger partial charge < -0.3 is 4.90 Å². The van der Waals surface area contributed by atoms with Crippen LogP contribution in [0.4, 0.5) is 5.82 Å². The van der Waals surface area contributed by atoms with E-state index in [2.05, 4.69) is 21.0 Å². The van der Waals surface area contributed by atoms with Gasteiger partial charge in [-0.2, -0.15) is 5.10 Å². The van der Waals surface area contributed by atoms with Crippen LogP contribution in [-0.2, 0) is 0 Å². The molecule has 4 nitrogen and oxygen atoms in total. The van der Waals surface area contributed by atoms with Crippen LogP contribution >= 0.6 is 11.6 Å². The molecular weight excluding hydrogens is 296 g/mol. The van der Waals surface area contributed by atoms with Crippen molar-refractivity contribution in [2.45, 2.75) is 6.92 Å². The van der Waals surface area contributed by atoms with Gasteiger partial charge >= 0.3 is 0 Å². The van der Waals surface area contributed by atoms with Crippen molar-refractivity contribution in [3.05, 3.63) is 59.2 Å². The number of rotatable bonds is 3. The normalized spacial score (nSPS) is 16.0. The highest BCUT2D eigenvalue weighted by Crippen LogP contribution is 2.14. The van der Waals surface area contributed by atoms with E-state index in [1.807, 2.05) is 49.5 Å². The Labute approximate surface area is 136 Å². The maximum atomic E-state index is 5.92. The van der Waals surface area contributed by atoms with Crippen LogP contribution in [0.5, 0.6) is 0 Å². The van der Waals surface area contributed by atoms with Gasteiger partial charge in [-0.3, -0.25) is 5.01 Å². The Morgan fingerprint density at radius 3 is 2.41 bits per heavy atom. The molecule has 2 aromatic rings. The molecule has 22 heavy (non-hydrogen) atoms. The van der Waals surface area contributed by atoms with Crippen LogP contribution in [0.3, 0.4) is 0 Å². The van der Waals surface area contributed by atoms with E-state index in [4.69, 9.17) is 16.7 Å². The Hall–Kier alpha value is -2.07. The summed E-state index contributed by atoms with van der Waals surface area (Å²) < 4.78 is 0. The van der Waals surface area contributed by atoms with E-state index in [1.165, 1.54) is 0 Å². The molecule has 1 saturated heterocycles. The first-order chi connectivity index (χ1) is 10.7. The molecule has 0 radical (unpaired) electrons. The molecule has 0 atom stereocenters. The van der Waals surface area contributed by atoms with Crippen LogP contribution in [0.15, 0.2) is 53.8 Å². The summed E-state index contributed by atoms with van der Waals surface area (Å²) in [4.78, 5) is 6.70. The lowest BCUT2D eigenvalue weighted by Crippen LogP contribution is -2.44. The van der Waals surface area contributed by atoms with Crippen LogP contribution in [0.25, 0.3) is 0 Å². The quantitative estimate of drug-likeness (QED) is 0.815. The maximum Gasteiger partial charge on any atom is 0.128 e. The summed E-state index contributed by atoms with van der Waals surface area (Å²) >= 11 is 5.92. The average Bonchev–Trinajstić information content (AvgIpc) is 2.57. The van der Waals surface area contributed by atoms with Crippen molar-refractivity contribution >= 4 is 23.1 Å². The molecule has 5 heteroatoms. The first kappa shape index (κ1) is 14.9. The number of benzene rings is 1. The minimum Gasteiger partial charge on any atom is -0.353 e. The van der Waals surface area contributed by atoms with Crippen molar-refractivity contribution in [1.82, 2.24) is 9.99 Å². The summed E-state index contributed by atoms with van der Waals surface area (Å²) in [7, 11) is 0. The predicted octanol–water partition coefficient (Wildman–Crippen LogP) is 3.28. The summed E-state index contributed by atoms with van der Waals surface area (Å²) in [6.07, 6.45) is 1.84. The summed E-state index contributed by atoms with van der Waals surface area (Å²) in [5.74, 6) is 1.04. The number of pyridine rings is 1. The fraction of sp³-hybridized carbons (Fsp3) is 0.294. The fourth-order valence-electron chi connectivity index (χ4n) is 2.53. The number of hydrogen-bond donors (Lipinski definition) is 0. The largest absolute Gasteiger partial charge is 0.353 e.